The summed E-state index contributed by atoms with van der Waals surface area (Å²) in [6, 6.07) is 5.81. The lowest BCUT2D eigenvalue weighted by molar-refractivity contribution is 0.534. The minimum absolute atomic E-state index is 0.121. The van der Waals surface area contributed by atoms with Gasteiger partial charge >= 0.3 is 0 Å². The fourth-order valence-corrected chi connectivity index (χ4v) is 2.24. The lowest BCUT2D eigenvalue weighted by atomic mass is 10.0. The number of likely N-dealkylation sites (N-methyl/N-ethyl adjacent to an activating group) is 1. The van der Waals surface area contributed by atoms with Crippen molar-refractivity contribution in [3.63, 3.8) is 0 Å². The molecule has 0 aliphatic rings. The first kappa shape index (κ1) is 14.3. The van der Waals surface area contributed by atoms with Crippen LogP contribution in [0.2, 0.25) is 10.0 Å². The molecule has 0 spiro atoms. The summed E-state index contributed by atoms with van der Waals surface area (Å²) in [4.78, 5) is 8.46. The van der Waals surface area contributed by atoms with Gasteiger partial charge in [0, 0.05) is 18.6 Å². The van der Waals surface area contributed by atoms with Gasteiger partial charge in [-0.2, -0.15) is 0 Å². The Balaban J connectivity index is 2.19. The first-order valence-corrected chi connectivity index (χ1v) is 6.89. The fraction of sp³-hybridized carbons (Fsp3) is 0.286. The number of nitrogens with zero attached hydrogens (tertiary/aromatic N) is 2. The second kappa shape index (κ2) is 6.85. The van der Waals surface area contributed by atoms with Crippen LogP contribution < -0.4 is 5.32 Å². The normalized spacial score (nSPS) is 12.4. The molecule has 1 heterocycles. The summed E-state index contributed by atoms with van der Waals surface area (Å²) in [5.74, 6) is 0. The predicted octanol–water partition coefficient (Wildman–Crippen LogP) is 3.68. The van der Waals surface area contributed by atoms with Crippen molar-refractivity contribution in [2.45, 2.75) is 19.4 Å². The van der Waals surface area contributed by atoms with Crippen molar-refractivity contribution in [3.05, 3.63) is 58.1 Å². The first-order valence-electron chi connectivity index (χ1n) is 6.14. The molecule has 0 aliphatic carbocycles. The average molecular weight is 296 g/mol. The zero-order chi connectivity index (χ0) is 13.7. The second-order valence-electron chi connectivity index (χ2n) is 4.19. The number of halogens is 2. The Morgan fingerprint density at radius 1 is 1.21 bits per heavy atom. The molecule has 100 valence electrons. The Morgan fingerprint density at radius 2 is 2.05 bits per heavy atom. The number of aromatic nitrogens is 2. The van der Waals surface area contributed by atoms with Gasteiger partial charge in [-0.25, -0.2) is 0 Å². The van der Waals surface area contributed by atoms with Crippen LogP contribution in [0, 0.1) is 0 Å². The van der Waals surface area contributed by atoms with E-state index >= 15 is 0 Å². The van der Waals surface area contributed by atoms with Gasteiger partial charge in [-0.05, 0) is 30.7 Å². The van der Waals surface area contributed by atoms with Crippen LogP contribution >= 0.6 is 23.2 Å². The molecule has 0 amide bonds. The average Bonchev–Trinajstić information content (AvgIpc) is 2.43. The molecule has 1 atom stereocenters. The minimum Gasteiger partial charge on any atom is -0.309 e. The molecule has 0 radical (unpaired) electrons. The van der Waals surface area contributed by atoms with Crippen LogP contribution in [0.3, 0.4) is 0 Å². The number of benzene rings is 1. The third-order valence-corrected chi connectivity index (χ3v) is 3.55. The van der Waals surface area contributed by atoms with E-state index in [0.717, 1.165) is 24.2 Å². The molecule has 5 heteroatoms. The second-order valence-corrected chi connectivity index (χ2v) is 5.01. The van der Waals surface area contributed by atoms with E-state index in [-0.39, 0.29) is 6.04 Å². The highest BCUT2D eigenvalue weighted by Crippen LogP contribution is 2.25. The van der Waals surface area contributed by atoms with Crippen molar-refractivity contribution in [3.8, 4) is 0 Å². The zero-order valence-corrected chi connectivity index (χ0v) is 12.1. The Morgan fingerprint density at radius 3 is 2.68 bits per heavy atom. The third kappa shape index (κ3) is 3.90. The molecule has 0 saturated carbocycles. The van der Waals surface area contributed by atoms with E-state index in [9.17, 15) is 0 Å². The summed E-state index contributed by atoms with van der Waals surface area (Å²) in [5, 5.41) is 4.55. The predicted molar refractivity (Wildman–Crippen MR) is 78.6 cm³/mol. The Bertz CT molecular complexity index is 531. The summed E-state index contributed by atoms with van der Waals surface area (Å²) in [7, 11) is 0. The van der Waals surface area contributed by atoms with Crippen LogP contribution in [0.5, 0.6) is 0 Å². The topological polar surface area (TPSA) is 37.8 Å². The van der Waals surface area contributed by atoms with Gasteiger partial charge in [0.15, 0.2) is 0 Å². The van der Waals surface area contributed by atoms with Crippen molar-refractivity contribution in [1.29, 1.82) is 0 Å². The molecule has 19 heavy (non-hydrogen) atoms. The molecule has 1 aromatic carbocycles. The molecule has 0 aliphatic heterocycles. The number of hydrogen-bond donors (Lipinski definition) is 1. The lowest BCUT2D eigenvalue weighted by Crippen LogP contribution is -2.24. The maximum Gasteiger partial charge on any atom is 0.0759 e. The molecule has 0 bridgehead atoms. The number of nitrogens with one attached hydrogen (secondary N) is 1. The van der Waals surface area contributed by atoms with Crippen LogP contribution in [0.4, 0.5) is 0 Å². The van der Waals surface area contributed by atoms with Crippen LogP contribution in [-0.2, 0) is 6.42 Å². The van der Waals surface area contributed by atoms with Crippen molar-refractivity contribution in [2.75, 3.05) is 6.54 Å². The Kier molecular flexibility index (Phi) is 5.14. The van der Waals surface area contributed by atoms with Gasteiger partial charge in [0.1, 0.15) is 0 Å². The SMILES string of the molecule is CCNC(Cc1ccc(Cl)c(Cl)c1)c1cnccn1. The molecule has 1 N–H and O–H groups in total. The van der Waals surface area contributed by atoms with Gasteiger partial charge in [-0.15, -0.1) is 0 Å². The smallest absolute Gasteiger partial charge is 0.0759 e. The Hall–Kier alpha value is -1.16. The largest absolute Gasteiger partial charge is 0.309 e. The van der Waals surface area contributed by atoms with E-state index in [4.69, 9.17) is 23.2 Å². The molecular formula is C14H15Cl2N3. The maximum atomic E-state index is 6.04. The minimum atomic E-state index is 0.121. The van der Waals surface area contributed by atoms with Gasteiger partial charge in [-0.3, -0.25) is 9.97 Å². The zero-order valence-electron chi connectivity index (χ0n) is 10.6. The third-order valence-electron chi connectivity index (χ3n) is 2.81. The highest BCUT2D eigenvalue weighted by Gasteiger charge is 2.13. The van der Waals surface area contributed by atoms with Gasteiger partial charge in [-0.1, -0.05) is 36.2 Å². The molecule has 0 fully saturated rings. The molecule has 2 aromatic rings. The standard InChI is InChI=1S/C14H15Cl2N3/c1-2-18-13(14-9-17-5-6-19-14)8-10-3-4-11(15)12(16)7-10/h3-7,9,13,18H,2,8H2,1H3. The van der Waals surface area contributed by atoms with Crippen molar-refractivity contribution in [1.82, 2.24) is 15.3 Å². The lowest BCUT2D eigenvalue weighted by Gasteiger charge is -2.17. The first-order chi connectivity index (χ1) is 9.20. The van der Waals surface area contributed by atoms with Gasteiger partial charge in [0.05, 0.1) is 21.8 Å². The van der Waals surface area contributed by atoms with Crippen LogP contribution in [0.15, 0.2) is 36.8 Å². The van der Waals surface area contributed by atoms with E-state index in [0.29, 0.717) is 10.0 Å². The highest BCUT2D eigenvalue weighted by atomic mass is 35.5. The summed E-state index contributed by atoms with van der Waals surface area (Å²) in [6.07, 6.45) is 5.95. The molecule has 1 aromatic heterocycles. The van der Waals surface area contributed by atoms with E-state index in [1.165, 1.54) is 0 Å². The molecule has 3 nitrogen and oxygen atoms in total. The molecular weight excluding hydrogens is 281 g/mol. The molecule has 0 saturated heterocycles. The molecule has 1 unspecified atom stereocenters. The summed E-state index contributed by atoms with van der Waals surface area (Å²) < 4.78 is 0. The number of hydrogen-bond acceptors (Lipinski definition) is 3. The van der Waals surface area contributed by atoms with Crippen molar-refractivity contribution >= 4 is 23.2 Å². The monoisotopic (exact) mass is 295 g/mol. The highest BCUT2D eigenvalue weighted by molar-refractivity contribution is 6.42. The quantitative estimate of drug-likeness (QED) is 0.914. The fourth-order valence-electron chi connectivity index (χ4n) is 1.92. The van der Waals surface area contributed by atoms with Crippen molar-refractivity contribution in [2.24, 2.45) is 0 Å². The van der Waals surface area contributed by atoms with Gasteiger partial charge < -0.3 is 5.32 Å². The van der Waals surface area contributed by atoms with E-state index in [1.54, 1.807) is 18.6 Å². The van der Waals surface area contributed by atoms with E-state index < -0.39 is 0 Å². The van der Waals surface area contributed by atoms with Crippen LogP contribution in [0.25, 0.3) is 0 Å². The van der Waals surface area contributed by atoms with E-state index in [1.807, 2.05) is 18.2 Å². The van der Waals surface area contributed by atoms with Gasteiger partial charge in [0.2, 0.25) is 0 Å². The van der Waals surface area contributed by atoms with Crippen LogP contribution in [-0.4, -0.2) is 16.5 Å². The van der Waals surface area contributed by atoms with Gasteiger partial charge in [0.25, 0.3) is 0 Å². The maximum absolute atomic E-state index is 6.04. The summed E-state index contributed by atoms with van der Waals surface area (Å²) >= 11 is 12.0. The number of rotatable bonds is 5. The summed E-state index contributed by atoms with van der Waals surface area (Å²) in [6.45, 7) is 2.93. The Labute approximate surface area is 123 Å². The molecule has 2 rings (SSSR count). The summed E-state index contributed by atoms with van der Waals surface area (Å²) in [5.41, 5.74) is 2.04. The van der Waals surface area contributed by atoms with Crippen molar-refractivity contribution < 1.29 is 0 Å². The van der Waals surface area contributed by atoms with Crippen LogP contribution in [0.1, 0.15) is 24.2 Å². The van der Waals surface area contributed by atoms with E-state index in [2.05, 4.69) is 22.2 Å².